The van der Waals surface area contributed by atoms with Crippen LogP contribution in [0.25, 0.3) is 0 Å². The van der Waals surface area contributed by atoms with Crippen LogP contribution in [-0.2, 0) is 5.60 Å². The molecule has 1 aromatic carbocycles. The van der Waals surface area contributed by atoms with Crippen molar-refractivity contribution in [1.82, 2.24) is 10.2 Å². The van der Waals surface area contributed by atoms with Gasteiger partial charge in [-0.05, 0) is 43.6 Å². The molecule has 3 atom stereocenters. The minimum absolute atomic E-state index is 0.225. The summed E-state index contributed by atoms with van der Waals surface area (Å²) < 4.78 is 5.97. The molecule has 1 aliphatic heterocycles. The number of fused-ring (bicyclic) bond motifs is 1. The normalized spacial score (nSPS) is 32.4. The van der Waals surface area contributed by atoms with Gasteiger partial charge in [0, 0.05) is 24.9 Å². The second-order valence-electron chi connectivity index (χ2n) is 8.00. The fraction of sp³-hybridized carbons (Fsp3) is 0.600. The average Bonchev–Trinajstić information content (AvgIpc) is 3.22. The van der Waals surface area contributed by atoms with E-state index in [0.717, 1.165) is 37.4 Å². The van der Waals surface area contributed by atoms with Crippen molar-refractivity contribution in [1.29, 1.82) is 0 Å². The molecule has 0 amide bonds. The van der Waals surface area contributed by atoms with Gasteiger partial charge >= 0.3 is 6.01 Å². The number of hydrogen-bond donors (Lipinski definition) is 1. The largest absolute Gasteiger partial charge is 0.408 e. The first-order valence-corrected chi connectivity index (χ1v) is 9.60. The van der Waals surface area contributed by atoms with Crippen LogP contribution >= 0.6 is 0 Å². The fourth-order valence-electron chi connectivity index (χ4n) is 4.94. The zero-order valence-corrected chi connectivity index (χ0v) is 14.5. The molecule has 25 heavy (non-hydrogen) atoms. The van der Waals surface area contributed by atoms with Gasteiger partial charge in [-0.15, -0.1) is 5.10 Å². The highest BCUT2D eigenvalue weighted by molar-refractivity contribution is 5.33. The molecule has 3 aliphatic rings. The number of hydrogen-bond acceptors (Lipinski definition) is 5. The van der Waals surface area contributed by atoms with Crippen molar-refractivity contribution < 1.29 is 9.52 Å². The summed E-state index contributed by atoms with van der Waals surface area (Å²) in [6.07, 6.45) is 6.67. The van der Waals surface area contributed by atoms with Crippen LogP contribution in [0.4, 0.5) is 6.01 Å². The predicted molar refractivity (Wildman–Crippen MR) is 94.3 cm³/mol. The van der Waals surface area contributed by atoms with Crippen LogP contribution < -0.4 is 4.90 Å². The number of rotatable bonds is 3. The maximum absolute atomic E-state index is 11.5. The summed E-state index contributed by atoms with van der Waals surface area (Å²) >= 11 is 0. The smallest absolute Gasteiger partial charge is 0.318 e. The van der Waals surface area contributed by atoms with Crippen LogP contribution in [0.3, 0.4) is 0 Å². The molecular formula is C20H25N3O2. The lowest BCUT2D eigenvalue weighted by atomic mass is 9.67. The Morgan fingerprint density at radius 1 is 1.04 bits per heavy atom. The van der Waals surface area contributed by atoms with Gasteiger partial charge in [0.15, 0.2) is 0 Å². The zero-order valence-electron chi connectivity index (χ0n) is 14.5. The lowest BCUT2D eigenvalue weighted by molar-refractivity contribution is -0.0632. The summed E-state index contributed by atoms with van der Waals surface area (Å²) in [7, 11) is 0. The molecule has 132 valence electrons. The molecular weight excluding hydrogens is 314 g/mol. The second kappa shape index (κ2) is 5.84. The van der Waals surface area contributed by atoms with E-state index in [1.807, 2.05) is 18.2 Å². The van der Waals surface area contributed by atoms with Crippen molar-refractivity contribution in [2.75, 3.05) is 18.0 Å². The molecule has 1 saturated heterocycles. The van der Waals surface area contributed by atoms with E-state index in [2.05, 4.69) is 27.2 Å². The molecule has 2 aliphatic carbocycles. The Labute approximate surface area is 148 Å². The summed E-state index contributed by atoms with van der Waals surface area (Å²) in [4.78, 5) is 2.20. The lowest BCUT2D eigenvalue weighted by Gasteiger charge is -2.41. The Morgan fingerprint density at radius 2 is 1.88 bits per heavy atom. The van der Waals surface area contributed by atoms with E-state index in [1.165, 1.54) is 25.7 Å². The van der Waals surface area contributed by atoms with Gasteiger partial charge in [0.05, 0.1) is 5.60 Å². The third kappa shape index (κ3) is 2.48. The Balaban J connectivity index is 1.39. The molecule has 0 unspecified atom stereocenters. The molecule has 2 saturated carbocycles. The molecule has 3 fully saturated rings. The van der Waals surface area contributed by atoms with Crippen LogP contribution in [0.15, 0.2) is 34.7 Å². The molecule has 1 N–H and O–H groups in total. The highest BCUT2D eigenvalue weighted by atomic mass is 16.4. The molecule has 0 spiro atoms. The van der Waals surface area contributed by atoms with Crippen molar-refractivity contribution >= 4 is 6.01 Å². The van der Waals surface area contributed by atoms with E-state index in [4.69, 9.17) is 4.42 Å². The number of aliphatic hydroxyl groups is 1. The summed E-state index contributed by atoms with van der Waals surface area (Å²) in [5.41, 5.74) is 0.308. The summed E-state index contributed by atoms with van der Waals surface area (Å²) in [6.45, 7) is 1.70. The van der Waals surface area contributed by atoms with Crippen molar-refractivity contribution in [3.63, 3.8) is 0 Å². The van der Waals surface area contributed by atoms with Crippen LogP contribution in [0.5, 0.6) is 0 Å². The number of aromatic nitrogens is 2. The minimum Gasteiger partial charge on any atom is -0.408 e. The maximum Gasteiger partial charge on any atom is 0.318 e. The average molecular weight is 339 g/mol. The van der Waals surface area contributed by atoms with Gasteiger partial charge in [-0.25, -0.2) is 0 Å². The number of anilines is 1. The third-order valence-corrected chi connectivity index (χ3v) is 6.62. The van der Waals surface area contributed by atoms with Crippen LogP contribution in [-0.4, -0.2) is 28.4 Å². The molecule has 5 nitrogen and oxygen atoms in total. The van der Waals surface area contributed by atoms with E-state index in [-0.39, 0.29) is 5.92 Å². The van der Waals surface area contributed by atoms with Crippen molar-refractivity contribution in [3.05, 3.63) is 41.8 Å². The molecule has 2 aromatic rings. The third-order valence-electron chi connectivity index (χ3n) is 6.62. The van der Waals surface area contributed by atoms with Gasteiger partial charge in [0.2, 0.25) is 5.89 Å². The van der Waals surface area contributed by atoms with E-state index in [1.54, 1.807) is 0 Å². The zero-order chi connectivity index (χ0) is 16.9. The molecule has 0 radical (unpaired) electrons. The van der Waals surface area contributed by atoms with Crippen molar-refractivity contribution in [2.24, 2.45) is 11.8 Å². The lowest BCUT2D eigenvalue weighted by Crippen LogP contribution is -2.42. The number of nitrogens with zero attached hydrogens (tertiary/aromatic N) is 3. The monoisotopic (exact) mass is 339 g/mol. The Morgan fingerprint density at radius 3 is 2.64 bits per heavy atom. The quantitative estimate of drug-likeness (QED) is 0.928. The van der Waals surface area contributed by atoms with E-state index in [9.17, 15) is 5.11 Å². The summed E-state index contributed by atoms with van der Waals surface area (Å²) in [5, 5.41) is 20.1. The second-order valence-corrected chi connectivity index (χ2v) is 8.00. The molecule has 5 heteroatoms. The highest BCUT2D eigenvalue weighted by Gasteiger charge is 2.50. The predicted octanol–water partition coefficient (Wildman–Crippen LogP) is 3.46. The maximum atomic E-state index is 11.5. The van der Waals surface area contributed by atoms with Crippen LogP contribution in [0, 0.1) is 11.8 Å². The van der Waals surface area contributed by atoms with E-state index in [0.29, 0.717) is 17.9 Å². The first kappa shape index (κ1) is 15.4. The van der Waals surface area contributed by atoms with Gasteiger partial charge in [0.25, 0.3) is 0 Å². The fourth-order valence-corrected chi connectivity index (χ4v) is 4.94. The van der Waals surface area contributed by atoms with Gasteiger partial charge < -0.3 is 14.4 Å². The topological polar surface area (TPSA) is 62.4 Å². The van der Waals surface area contributed by atoms with Gasteiger partial charge in [-0.2, -0.15) is 0 Å². The number of benzene rings is 1. The summed E-state index contributed by atoms with van der Waals surface area (Å²) in [5.74, 6) is 1.97. The first-order chi connectivity index (χ1) is 12.2. The van der Waals surface area contributed by atoms with Gasteiger partial charge in [0.1, 0.15) is 0 Å². The Kier molecular flexibility index (Phi) is 3.59. The van der Waals surface area contributed by atoms with Crippen LogP contribution in [0.1, 0.15) is 55.9 Å². The first-order valence-electron chi connectivity index (χ1n) is 9.60. The van der Waals surface area contributed by atoms with Crippen molar-refractivity contribution in [3.8, 4) is 0 Å². The standard InChI is InChI=1S/C20H25N3O2/c24-20(16-9-2-1-3-10-16)11-5-8-15-12-23(13-17(15)20)19-22-21-18(25-19)14-6-4-7-14/h1-3,9-10,14-15,17,24H,4-8,11-13H2/t15-,17+,20+/m0/s1. The Hall–Kier alpha value is -1.88. The SMILES string of the molecule is O[C@@]1(c2ccccc2)CCC[C@H]2CN(c3nnc(C4CCC4)o3)C[C@H]21. The molecule has 0 bridgehead atoms. The van der Waals surface area contributed by atoms with Crippen LogP contribution in [0.2, 0.25) is 0 Å². The van der Waals surface area contributed by atoms with Gasteiger partial charge in [-0.3, -0.25) is 0 Å². The van der Waals surface area contributed by atoms with E-state index >= 15 is 0 Å². The van der Waals surface area contributed by atoms with Gasteiger partial charge in [-0.1, -0.05) is 41.9 Å². The Bertz CT molecular complexity index is 742. The highest BCUT2D eigenvalue weighted by Crippen LogP contribution is 2.49. The molecule has 2 heterocycles. The molecule has 1 aromatic heterocycles. The van der Waals surface area contributed by atoms with E-state index < -0.39 is 5.60 Å². The summed E-state index contributed by atoms with van der Waals surface area (Å²) in [6, 6.07) is 10.8. The van der Waals surface area contributed by atoms with Crippen molar-refractivity contribution in [2.45, 2.75) is 50.0 Å². The minimum atomic E-state index is -0.740. The molecule has 5 rings (SSSR count).